The molecule has 3 unspecified atom stereocenters. The number of carbonyl (C=O) groups excluding carboxylic acids is 1. The lowest BCUT2D eigenvalue weighted by Gasteiger charge is -2.25. The van der Waals surface area contributed by atoms with Gasteiger partial charge in [-0.1, -0.05) is 268 Å². The maximum atomic E-state index is 13.0. The minimum absolute atomic E-state index is 0.0609. The second-order valence-electron chi connectivity index (χ2n) is 21.7. The smallest absolute Gasteiger partial charge is 0.387 e. The van der Waals surface area contributed by atoms with Gasteiger partial charge in [-0.05, 0) is 57.8 Å². The number of allylic oxidation sites excluding steroid dienone is 7. The number of phosphoric acid groups is 1. The van der Waals surface area contributed by atoms with E-state index < -0.39 is 20.0 Å². The van der Waals surface area contributed by atoms with Gasteiger partial charge < -0.3 is 19.8 Å². The zero-order valence-electron chi connectivity index (χ0n) is 47.0. The van der Waals surface area contributed by atoms with E-state index in [1.165, 1.54) is 212 Å². The van der Waals surface area contributed by atoms with Crippen molar-refractivity contribution in [2.24, 2.45) is 0 Å². The maximum Gasteiger partial charge on any atom is 0.472 e. The Balaban J connectivity index is 4.19. The van der Waals surface area contributed by atoms with E-state index in [-0.39, 0.29) is 19.1 Å². The lowest BCUT2D eigenvalue weighted by atomic mass is 10.0. The monoisotopic (exact) mass is 1010 g/mol. The largest absolute Gasteiger partial charge is 0.472 e. The van der Waals surface area contributed by atoms with Crippen molar-refractivity contribution >= 4 is 13.7 Å². The van der Waals surface area contributed by atoms with Crippen LogP contribution in [-0.2, 0) is 18.4 Å². The van der Waals surface area contributed by atoms with Crippen LogP contribution in [0, 0.1) is 0 Å². The van der Waals surface area contributed by atoms with Gasteiger partial charge in [-0.2, -0.15) is 0 Å². The molecule has 0 heterocycles. The van der Waals surface area contributed by atoms with Gasteiger partial charge in [0.1, 0.15) is 13.2 Å². The first-order valence-electron chi connectivity index (χ1n) is 30.0. The predicted molar refractivity (Wildman–Crippen MR) is 304 cm³/mol. The van der Waals surface area contributed by atoms with Crippen LogP contribution in [0.1, 0.15) is 284 Å². The zero-order valence-corrected chi connectivity index (χ0v) is 47.9. The number of aliphatic hydroxyl groups excluding tert-OH is 1. The molecule has 0 aliphatic carbocycles. The minimum Gasteiger partial charge on any atom is -0.387 e. The molecule has 0 spiro atoms. The SMILES string of the molecule is CCCCCCC/C=C\C/C=C\C/C=C\CCCCCCCCCCCCCCC(=O)NC(COP(=O)(O)OCC[N+](C)(C)C)C(O)/C=C/CCCCCCCCCCCCCCCCCCCCC. The van der Waals surface area contributed by atoms with Gasteiger partial charge in [0.25, 0.3) is 0 Å². The van der Waals surface area contributed by atoms with Gasteiger partial charge in [0.05, 0.1) is 39.9 Å². The van der Waals surface area contributed by atoms with Gasteiger partial charge in [0.2, 0.25) is 5.91 Å². The fourth-order valence-electron chi connectivity index (χ4n) is 8.82. The van der Waals surface area contributed by atoms with E-state index in [0.717, 1.165) is 51.4 Å². The summed E-state index contributed by atoms with van der Waals surface area (Å²) in [6.07, 6.45) is 69.2. The molecule has 0 aliphatic heterocycles. The molecule has 0 bridgehead atoms. The molecule has 0 radical (unpaired) electrons. The Bertz CT molecular complexity index is 1280. The molecule has 0 aromatic heterocycles. The summed E-state index contributed by atoms with van der Waals surface area (Å²) < 4.78 is 23.7. The standard InChI is InChI=1S/C61H117N2O6P/c1-6-8-10-12-14-16-18-20-22-24-26-28-29-30-31-32-33-35-37-39-41-43-45-47-49-51-53-55-61(65)62-59(58-69-70(66,67)68-57-56-63(3,4)5)60(64)54-52-50-48-46-44-42-40-38-36-34-27-25-23-21-19-17-15-13-11-9-7-2/h18,20,24,26,29-30,52,54,59-60,64H,6-17,19,21-23,25,27-28,31-51,53,55-58H2,1-5H3,(H-,62,65,66,67)/p+1/b20-18-,26-24-,30-29-,54-52+. The number of nitrogens with zero attached hydrogens (tertiary/aromatic N) is 1. The van der Waals surface area contributed by atoms with E-state index in [2.05, 4.69) is 55.6 Å². The van der Waals surface area contributed by atoms with Crippen molar-refractivity contribution in [1.82, 2.24) is 5.32 Å². The first-order chi connectivity index (χ1) is 34.0. The van der Waals surface area contributed by atoms with Crippen molar-refractivity contribution in [3.05, 3.63) is 48.6 Å². The molecular formula is C61H118N2O6P+. The van der Waals surface area contributed by atoms with Crippen molar-refractivity contribution in [1.29, 1.82) is 0 Å². The van der Waals surface area contributed by atoms with Crippen LogP contribution in [0.3, 0.4) is 0 Å². The van der Waals surface area contributed by atoms with Crippen molar-refractivity contribution in [3.63, 3.8) is 0 Å². The number of amides is 1. The van der Waals surface area contributed by atoms with Crippen molar-refractivity contribution in [3.8, 4) is 0 Å². The first-order valence-corrected chi connectivity index (χ1v) is 31.5. The van der Waals surface area contributed by atoms with Crippen molar-refractivity contribution < 1.29 is 32.9 Å². The molecular weight excluding hydrogens is 888 g/mol. The van der Waals surface area contributed by atoms with Gasteiger partial charge in [0, 0.05) is 6.42 Å². The number of phosphoric ester groups is 1. The number of aliphatic hydroxyl groups is 1. The van der Waals surface area contributed by atoms with E-state index in [9.17, 15) is 19.4 Å². The van der Waals surface area contributed by atoms with E-state index in [1.54, 1.807) is 6.08 Å². The molecule has 0 rings (SSSR count). The van der Waals surface area contributed by atoms with Crippen LogP contribution in [0.2, 0.25) is 0 Å². The number of quaternary nitrogens is 1. The van der Waals surface area contributed by atoms with Crippen LogP contribution in [-0.4, -0.2) is 73.4 Å². The second-order valence-corrected chi connectivity index (χ2v) is 23.2. The van der Waals surface area contributed by atoms with E-state index in [1.807, 2.05) is 27.2 Å². The molecule has 0 aromatic carbocycles. The molecule has 1 amide bonds. The highest BCUT2D eigenvalue weighted by Crippen LogP contribution is 2.43. The number of hydrogen-bond donors (Lipinski definition) is 3. The summed E-state index contributed by atoms with van der Waals surface area (Å²) in [7, 11) is 1.58. The average Bonchev–Trinajstić information content (AvgIpc) is 3.32. The lowest BCUT2D eigenvalue weighted by Crippen LogP contribution is -2.45. The zero-order chi connectivity index (χ0) is 51.3. The quantitative estimate of drug-likeness (QED) is 0.0243. The van der Waals surface area contributed by atoms with E-state index >= 15 is 0 Å². The van der Waals surface area contributed by atoms with Crippen LogP contribution >= 0.6 is 7.82 Å². The summed E-state index contributed by atoms with van der Waals surface area (Å²) in [6, 6.07) is -0.849. The lowest BCUT2D eigenvalue weighted by molar-refractivity contribution is -0.870. The van der Waals surface area contributed by atoms with Gasteiger partial charge in [-0.25, -0.2) is 4.57 Å². The number of likely N-dealkylation sites (N-methyl/N-ethyl adjacent to an activating group) is 1. The molecule has 0 aromatic rings. The molecule has 3 atom stereocenters. The van der Waals surface area contributed by atoms with Crippen LogP contribution in [0.4, 0.5) is 0 Å². The molecule has 0 fully saturated rings. The number of carbonyl (C=O) groups is 1. The molecule has 3 N–H and O–H groups in total. The average molecular weight is 1010 g/mol. The second kappa shape index (κ2) is 52.3. The first kappa shape index (κ1) is 68.5. The highest BCUT2D eigenvalue weighted by atomic mass is 31.2. The number of hydrogen-bond acceptors (Lipinski definition) is 5. The van der Waals surface area contributed by atoms with Crippen molar-refractivity contribution in [2.75, 3.05) is 40.9 Å². The Morgan fingerprint density at radius 3 is 1.19 bits per heavy atom. The molecule has 412 valence electrons. The molecule has 0 aliphatic rings. The molecule has 70 heavy (non-hydrogen) atoms. The van der Waals surface area contributed by atoms with Crippen molar-refractivity contribution in [2.45, 2.75) is 296 Å². The third-order valence-corrected chi connectivity index (χ3v) is 14.5. The Morgan fingerprint density at radius 2 is 0.814 bits per heavy atom. The van der Waals surface area contributed by atoms with Gasteiger partial charge in [-0.15, -0.1) is 0 Å². The number of unbranched alkanes of at least 4 members (excludes halogenated alkanes) is 36. The van der Waals surface area contributed by atoms with Crippen LogP contribution in [0.25, 0.3) is 0 Å². The van der Waals surface area contributed by atoms with Gasteiger partial charge in [-0.3, -0.25) is 13.8 Å². The van der Waals surface area contributed by atoms with Crippen LogP contribution in [0.5, 0.6) is 0 Å². The fourth-order valence-corrected chi connectivity index (χ4v) is 9.55. The Hall–Kier alpha value is -1.54. The third kappa shape index (κ3) is 54.2. The summed E-state index contributed by atoms with van der Waals surface area (Å²) in [5.74, 6) is -0.177. The maximum absolute atomic E-state index is 13.0. The normalized spacial score (nSPS) is 14.2. The minimum atomic E-state index is -4.35. The van der Waals surface area contributed by atoms with Crippen LogP contribution in [0.15, 0.2) is 48.6 Å². The topological polar surface area (TPSA) is 105 Å². The fraction of sp³-hybridized carbons (Fsp3) is 0.852. The number of nitrogens with one attached hydrogen (secondary N) is 1. The molecule has 8 nitrogen and oxygen atoms in total. The van der Waals surface area contributed by atoms with E-state index in [4.69, 9.17) is 9.05 Å². The third-order valence-electron chi connectivity index (χ3n) is 13.5. The van der Waals surface area contributed by atoms with Gasteiger partial charge >= 0.3 is 7.82 Å². The highest BCUT2D eigenvalue weighted by molar-refractivity contribution is 7.47. The molecule has 0 saturated heterocycles. The summed E-state index contributed by atoms with van der Waals surface area (Å²) in [5, 5.41) is 14.0. The predicted octanol–water partition coefficient (Wildman–Crippen LogP) is 18.3. The summed E-state index contributed by atoms with van der Waals surface area (Å²) in [5.41, 5.74) is 0. The van der Waals surface area contributed by atoms with E-state index in [0.29, 0.717) is 17.4 Å². The summed E-state index contributed by atoms with van der Waals surface area (Å²) in [6.45, 7) is 4.83. The number of rotatable bonds is 55. The van der Waals surface area contributed by atoms with Crippen LogP contribution < -0.4 is 5.32 Å². The molecule has 9 heteroatoms. The highest BCUT2D eigenvalue weighted by Gasteiger charge is 2.27. The summed E-state index contributed by atoms with van der Waals surface area (Å²) >= 11 is 0. The Morgan fingerprint density at radius 1 is 0.486 bits per heavy atom. The van der Waals surface area contributed by atoms with Gasteiger partial charge in [0.15, 0.2) is 0 Å². The molecule has 0 saturated carbocycles. The Labute approximate surface area is 435 Å². The summed E-state index contributed by atoms with van der Waals surface area (Å²) in [4.78, 5) is 23.3. The Kier molecular flexibility index (Phi) is 51.2.